The van der Waals surface area contributed by atoms with Crippen LogP contribution < -0.4 is 5.01 Å². The second-order valence-corrected chi connectivity index (χ2v) is 4.36. The van der Waals surface area contributed by atoms with Crippen LogP contribution in [0.15, 0.2) is 62.0 Å². The molecular weight excluding hydrogens is 234 g/mol. The summed E-state index contributed by atoms with van der Waals surface area (Å²) in [5.74, 6) is 0.946. The van der Waals surface area contributed by atoms with Crippen LogP contribution in [-0.4, -0.2) is 22.7 Å². The number of nitrogens with zero attached hydrogens (tertiary/aromatic N) is 3. The van der Waals surface area contributed by atoms with Crippen molar-refractivity contribution >= 4 is 0 Å². The van der Waals surface area contributed by atoms with E-state index in [1.165, 1.54) is 5.56 Å². The predicted octanol–water partition coefficient (Wildman–Crippen LogP) is 3.17. The van der Waals surface area contributed by atoms with Crippen molar-refractivity contribution in [2.75, 3.05) is 18.1 Å². The maximum Gasteiger partial charge on any atom is 0.158 e. The summed E-state index contributed by atoms with van der Waals surface area (Å²) in [5, 5.41) is 2.13. The molecule has 0 spiro atoms. The highest BCUT2D eigenvalue weighted by Gasteiger charge is 2.11. The first-order valence-electron chi connectivity index (χ1n) is 6.34. The molecule has 0 radical (unpaired) electrons. The lowest BCUT2D eigenvalue weighted by atomic mass is 10.1. The zero-order valence-electron chi connectivity index (χ0n) is 11.3. The van der Waals surface area contributed by atoms with Gasteiger partial charge in [0.1, 0.15) is 0 Å². The molecule has 0 fully saturated rings. The Labute approximate surface area is 114 Å². The third-order valence-electron chi connectivity index (χ3n) is 2.99. The molecule has 1 aromatic heterocycles. The van der Waals surface area contributed by atoms with Crippen molar-refractivity contribution in [1.29, 1.82) is 0 Å². The highest BCUT2D eigenvalue weighted by molar-refractivity contribution is 5.60. The summed E-state index contributed by atoms with van der Waals surface area (Å²) in [7, 11) is 0. The van der Waals surface area contributed by atoms with Gasteiger partial charge >= 0.3 is 0 Å². The molecule has 0 aliphatic carbocycles. The largest absolute Gasteiger partial charge is 0.304 e. The number of rotatable bonds is 6. The summed E-state index contributed by atoms with van der Waals surface area (Å²) in [4.78, 5) is 4.49. The zero-order chi connectivity index (χ0) is 13.7. The van der Waals surface area contributed by atoms with Gasteiger partial charge in [0.15, 0.2) is 5.82 Å². The van der Waals surface area contributed by atoms with Crippen LogP contribution in [0.4, 0.5) is 0 Å². The van der Waals surface area contributed by atoms with Gasteiger partial charge in [-0.25, -0.2) is 9.66 Å². The summed E-state index contributed by atoms with van der Waals surface area (Å²) in [5.41, 5.74) is 2.36. The van der Waals surface area contributed by atoms with E-state index in [1.54, 1.807) is 0 Å². The number of hydrogen-bond donors (Lipinski definition) is 0. The number of hydrogen-bond acceptors (Lipinski definition) is 2. The maximum absolute atomic E-state index is 4.49. The van der Waals surface area contributed by atoms with E-state index in [1.807, 2.05) is 36.7 Å². The lowest BCUT2D eigenvalue weighted by Crippen LogP contribution is -2.34. The molecule has 0 amide bonds. The molecule has 0 bridgehead atoms. The minimum Gasteiger partial charge on any atom is -0.304 e. The van der Waals surface area contributed by atoms with Crippen molar-refractivity contribution in [3.05, 3.63) is 67.5 Å². The van der Waals surface area contributed by atoms with Gasteiger partial charge in [-0.2, -0.15) is 0 Å². The highest BCUT2D eigenvalue weighted by Crippen LogP contribution is 2.21. The van der Waals surface area contributed by atoms with Crippen molar-refractivity contribution in [2.45, 2.75) is 6.92 Å². The van der Waals surface area contributed by atoms with E-state index < -0.39 is 0 Å². The first-order chi connectivity index (χ1) is 9.27. The standard InChI is InChI=1S/C16H19N3/c1-4-11-18(12-5-2)19-13-10-17-16(19)15-9-7-6-8-14(15)3/h4-10,13H,1-2,11-12H2,3H3. The summed E-state index contributed by atoms with van der Waals surface area (Å²) in [6.07, 6.45) is 7.55. The minimum absolute atomic E-state index is 0.751. The molecule has 0 saturated heterocycles. The molecule has 1 heterocycles. The Bertz CT molecular complexity index is 559. The van der Waals surface area contributed by atoms with E-state index in [0.717, 1.165) is 24.5 Å². The summed E-state index contributed by atoms with van der Waals surface area (Å²) >= 11 is 0. The first-order valence-corrected chi connectivity index (χ1v) is 6.34. The summed E-state index contributed by atoms with van der Waals surface area (Å²) < 4.78 is 2.06. The van der Waals surface area contributed by atoms with E-state index in [-0.39, 0.29) is 0 Å². The van der Waals surface area contributed by atoms with Gasteiger partial charge in [-0.1, -0.05) is 36.4 Å². The molecule has 0 saturated carbocycles. The van der Waals surface area contributed by atoms with Crippen molar-refractivity contribution in [3.63, 3.8) is 0 Å². The normalized spacial score (nSPS) is 10.2. The van der Waals surface area contributed by atoms with E-state index in [9.17, 15) is 0 Å². The Kier molecular flexibility index (Phi) is 4.18. The van der Waals surface area contributed by atoms with Crippen LogP contribution in [0.3, 0.4) is 0 Å². The van der Waals surface area contributed by atoms with Gasteiger partial charge in [0, 0.05) is 18.0 Å². The molecule has 0 N–H and O–H groups in total. The van der Waals surface area contributed by atoms with Crippen LogP contribution >= 0.6 is 0 Å². The Morgan fingerprint density at radius 2 is 1.89 bits per heavy atom. The number of aromatic nitrogens is 2. The predicted molar refractivity (Wildman–Crippen MR) is 80.7 cm³/mol. The lowest BCUT2D eigenvalue weighted by molar-refractivity contribution is 0.665. The fourth-order valence-electron chi connectivity index (χ4n) is 2.09. The molecule has 0 atom stereocenters. The fourth-order valence-corrected chi connectivity index (χ4v) is 2.09. The molecule has 0 unspecified atom stereocenters. The van der Waals surface area contributed by atoms with E-state index in [0.29, 0.717) is 0 Å². The van der Waals surface area contributed by atoms with Gasteiger partial charge in [-0.3, -0.25) is 0 Å². The van der Waals surface area contributed by atoms with Crippen LogP contribution in [0.25, 0.3) is 11.4 Å². The smallest absolute Gasteiger partial charge is 0.158 e. The van der Waals surface area contributed by atoms with Gasteiger partial charge in [0.25, 0.3) is 0 Å². The average Bonchev–Trinajstić information content (AvgIpc) is 2.88. The second-order valence-electron chi connectivity index (χ2n) is 4.36. The molecule has 0 aliphatic rings. The molecule has 1 aromatic carbocycles. The summed E-state index contributed by atoms with van der Waals surface area (Å²) in [6.45, 7) is 11.2. The van der Waals surface area contributed by atoms with E-state index in [4.69, 9.17) is 0 Å². The van der Waals surface area contributed by atoms with Crippen molar-refractivity contribution in [1.82, 2.24) is 9.66 Å². The van der Waals surface area contributed by atoms with Crippen molar-refractivity contribution in [2.24, 2.45) is 0 Å². The minimum atomic E-state index is 0.751. The third kappa shape index (κ3) is 2.76. The van der Waals surface area contributed by atoms with Gasteiger partial charge in [0.05, 0.1) is 13.1 Å². The monoisotopic (exact) mass is 253 g/mol. The van der Waals surface area contributed by atoms with Gasteiger partial charge < -0.3 is 5.01 Å². The molecule has 98 valence electrons. The zero-order valence-corrected chi connectivity index (χ0v) is 11.3. The van der Waals surface area contributed by atoms with Crippen LogP contribution in [0.5, 0.6) is 0 Å². The van der Waals surface area contributed by atoms with Crippen molar-refractivity contribution in [3.8, 4) is 11.4 Å². The van der Waals surface area contributed by atoms with E-state index >= 15 is 0 Å². The van der Waals surface area contributed by atoms with Crippen LogP contribution in [0.2, 0.25) is 0 Å². The summed E-state index contributed by atoms with van der Waals surface area (Å²) in [6, 6.07) is 8.26. The molecule has 19 heavy (non-hydrogen) atoms. The second kappa shape index (κ2) is 6.05. The first kappa shape index (κ1) is 13.1. The van der Waals surface area contributed by atoms with Gasteiger partial charge in [-0.15, -0.1) is 13.2 Å². The number of imidazole rings is 1. The Balaban J connectivity index is 2.44. The number of aryl methyl sites for hydroxylation is 1. The molecular formula is C16H19N3. The van der Waals surface area contributed by atoms with Crippen LogP contribution in [0, 0.1) is 6.92 Å². The quantitative estimate of drug-likeness (QED) is 0.737. The van der Waals surface area contributed by atoms with Crippen LogP contribution in [0.1, 0.15) is 5.56 Å². The Morgan fingerprint density at radius 1 is 1.21 bits per heavy atom. The fraction of sp³-hybridized carbons (Fsp3) is 0.188. The molecule has 3 heteroatoms. The molecule has 2 rings (SSSR count). The molecule has 0 aliphatic heterocycles. The lowest BCUT2D eigenvalue weighted by Gasteiger charge is -2.25. The van der Waals surface area contributed by atoms with Gasteiger partial charge in [-0.05, 0) is 12.5 Å². The SMILES string of the molecule is C=CCN(CC=C)n1ccnc1-c1ccccc1C. The van der Waals surface area contributed by atoms with Crippen molar-refractivity contribution < 1.29 is 0 Å². The van der Waals surface area contributed by atoms with Crippen LogP contribution in [-0.2, 0) is 0 Å². The maximum atomic E-state index is 4.49. The van der Waals surface area contributed by atoms with E-state index in [2.05, 4.69) is 46.9 Å². The van der Waals surface area contributed by atoms with Gasteiger partial charge in [0.2, 0.25) is 0 Å². The highest BCUT2D eigenvalue weighted by atomic mass is 15.6. The Hall–Kier alpha value is -2.29. The third-order valence-corrected chi connectivity index (χ3v) is 2.99. The molecule has 3 nitrogen and oxygen atoms in total. The Morgan fingerprint density at radius 3 is 2.53 bits per heavy atom. The average molecular weight is 253 g/mol. The molecule has 2 aromatic rings. The number of benzene rings is 1. The topological polar surface area (TPSA) is 21.1 Å².